The molecule has 0 aromatic heterocycles. The van der Waals surface area contributed by atoms with Crippen LogP contribution in [0.1, 0.15) is 27.2 Å². The Hall–Kier alpha value is -0.220. The van der Waals surface area contributed by atoms with E-state index in [1.807, 2.05) is 16.7 Å². The molecule has 4 heteroatoms. The van der Waals surface area contributed by atoms with Crippen LogP contribution in [0.4, 0.5) is 0 Å². The predicted octanol–water partition coefficient (Wildman–Crippen LogP) is 1.57. The number of hydrogen-bond donors (Lipinski definition) is 1. The van der Waals surface area contributed by atoms with Gasteiger partial charge in [0.05, 0.1) is 5.92 Å². The number of nitrogens with two attached hydrogens (primary N) is 1. The molecule has 2 unspecified atom stereocenters. The van der Waals surface area contributed by atoms with Crippen molar-refractivity contribution >= 4 is 17.7 Å². The minimum atomic E-state index is 0.0190. The van der Waals surface area contributed by atoms with Crippen LogP contribution in [0.2, 0.25) is 0 Å². The Morgan fingerprint density at radius 2 is 2.25 bits per heavy atom. The zero-order chi connectivity index (χ0) is 12.1. The molecule has 0 aromatic rings. The van der Waals surface area contributed by atoms with Crippen LogP contribution in [0.15, 0.2) is 0 Å². The van der Waals surface area contributed by atoms with E-state index in [0.717, 1.165) is 24.5 Å². The third-order valence-electron chi connectivity index (χ3n) is 3.04. The summed E-state index contributed by atoms with van der Waals surface area (Å²) in [5.41, 5.74) is 5.72. The third-order valence-corrected chi connectivity index (χ3v) is 4.23. The van der Waals surface area contributed by atoms with Gasteiger partial charge in [0.25, 0.3) is 0 Å². The van der Waals surface area contributed by atoms with Gasteiger partial charge in [-0.25, -0.2) is 0 Å². The topological polar surface area (TPSA) is 46.3 Å². The standard InChI is InChI=1S/C12H24N2OS/c1-9(2)6-11(7-13)12(15)14-4-5-16-8-10(14)3/h9-11H,4-8,13H2,1-3H3. The second-order valence-corrected chi connectivity index (χ2v) is 6.17. The molecule has 0 radical (unpaired) electrons. The normalized spacial score (nSPS) is 23.6. The second-order valence-electron chi connectivity index (χ2n) is 5.02. The Balaban J connectivity index is 2.58. The fourth-order valence-electron chi connectivity index (χ4n) is 2.16. The van der Waals surface area contributed by atoms with Gasteiger partial charge in [-0.2, -0.15) is 11.8 Å². The number of rotatable bonds is 4. The van der Waals surface area contributed by atoms with Crippen molar-refractivity contribution in [2.75, 3.05) is 24.6 Å². The molecule has 0 spiro atoms. The van der Waals surface area contributed by atoms with E-state index < -0.39 is 0 Å². The number of hydrogen-bond acceptors (Lipinski definition) is 3. The second kappa shape index (κ2) is 6.50. The molecule has 0 aromatic carbocycles. The van der Waals surface area contributed by atoms with Gasteiger partial charge >= 0.3 is 0 Å². The van der Waals surface area contributed by atoms with Crippen molar-refractivity contribution in [3.8, 4) is 0 Å². The summed E-state index contributed by atoms with van der Waals surface area (Å²) < 4.78 is 0. The van der Waals surface area contributed by atoms with E-state index in [0.29, 0.717) is 18.5 Å². The van der Waals surface area contributed by atoms with Gasteiger partial charge in [-0.1, -0.05) is 13.8 Å². The molecule has 1 amide bonds. The van der Waals surface area contributed by atoms with E-state index in [1.165, 1.54) is 0 Å². The monoisotopic (exact) mass is 244 g/mol. The maximum absolute atomic E-state index is 12.3. The number of nitrogens with zero attached hydrogens (tertiary/aromatic N) is 1. The van der Waals surface area contributed by atoms with Crippen LogP contribution < -0.4 is 5.73 Å². The van der Waals surface area contributed by atoms with Gasteiger partial charge in [-0.15, -0.1) is 0 Å². The van der Waals surface area contributed by atoms with Crippen LogP contribution >= 0.6 is 11.8 Å². The van der Waals surface area contributed by atoms with Crippen molar-refractivity contribution in [3.63, 3.8) is 0 Å². The van der Waals surface area contributed by atoms with Crippen LogP contribution in [0, 0.1) is 11.8 Å². The largest absolute Gasteiger partial charge is 0.338 e. The molecule has 16 heavy (non-hydrogen) atoms. The maximum Gasteiger partial charge on any atom is 0.227 e. The summed E-state index contributed by atoms with van der Waals surface area (Å²) in [5.74, 6) is 2.95. The van der Waals surface area contributed by atoms with Gasteiger partial charge in [-0.05, 0) is 19.3 Å². The molecular formula is C12H24N2OS. The number of thioether (sulfide) groups is 1. The lowest BCUT2D eigenvalue weighted by atomic mass is 9.95. The zero-order valence-corrected chi connectivity index (χ0v) is 11.4. The molecule has 1 saturated heterocycles. The number of carbonyl (C=O) groups excluding carboxylic acids is 1. The highest BCUT2D eigenvalue weighted by atomic mass is 32.2. The minimum absolute atomic E-state index is 0.0190. The van der Waals surface area contributed by atoms with Crippen molar-refractivity contribution < 1.29 is 4.79 Å². The lowest BCUT2D eigenvalue weighted by Crippen LogP contribution is -2.48. The summed E-state index contributed by atoms with van der Waals surface area (Å²) in [5, 5.41) is 0. The summed E-state index contributed by atoms with van der Waals surface area (Å²) in [6, 6.07) is 0.368. The van der Waals surface area contributed by atoms with E-state index in [-0.39, 0.29) is 11.8 Å². The Bertz CT molecular complexity index is 233. The lowest BCUT2D eigenvalue weighted by molar-refractivity contribution is -0.137. The molecule has 0 saturated carbocycles. The number of carbonyl (C=O) groups is 1. The fraction of sp³-hybridized carbons (Fsp3) is 0.917. The molecule has 1 aliphatic rings. The first-order valence-electron chi connectivity index (χ1n) is 6.14. The van der Waals surface area contributed by atoms with Crippen molar-refractivity contribution in [1.82, 2.24) is 4.90 Å². The zero-order valence-electron chi connectivity index (χ0n) is 10.6. The average Bonchev–Trinajstić information content (AvgIpc) is 2.25. The average molecular weight is 244 g/mol. The van der Waals surface area contributed by atoms with E-state index in [1.54, 1.807) is 0 Å². The van der Waals surface area contributed by atoms with Crippen molar-refractivity contribution in [1.29, 1.82) is 0 Å². The quantitative estimate of drug-likeness (QED) is 0.816. The van der Waals surface area contributed by atoms with Crippen LogP contribution in [-0.2, 0) is 4.79 Å². The molecule has 0 bridgehead atoms. The summed E-state index contributed by atoms with van der Waals surface area (Å²) in [6.45, 7) is 7.79. The van der Waals surface area contributed by atoms with Gasteiger partial charge < -0.3 is 10.6 Å². The fourth-order valence-corrected chi connectivity index (χ4v) is 3.17. The summed E-state index contributed by atoms with van der Waals surface area (Å²) >= 11 is 1.93. The first-order chi connectivity index (χ1) is 7.56. The molecule has 1 fully saturated rings. The van der Waals surface area contributed by atoms with Crippen molar-refractivity contribution in [2.45, 2.75) is 33.2 Å². The first-order valence-corrected chi connectivity index (χ1v) is 7.30. The molecule has 2 atom stereocenters. The highest BCUT2D eigenvalue weighted by molar-refractivity contribution is 7.99. The van der Waals surface area contributed by atoms with Crippen LogP contribution in [0.25, 0.3) is 0 Å². The van der Waals surface area contributed by atoms with Crippen molar-refractivity contribution in [2.24, 2.45) is 17.6 Å². The van der Waals surface area contributed by atoms with E-state index in [4.69, 9.17) is 5.73 Å². The predicted molar refractivity (Wildman–Crippen MR) is 70.5 cm³/mol. The Kier molecular flexibility index (Phi) is 5.62. The van der Waals surface area contributed by atoms with Gasteiger partial charge in [0, 0.05) is 30.6 Å². The highest BCUT2D eigenvalue weighted by Gasteiger charge is 2.28. The van der Waals surface area contributed by atoms with Crippen LogP contribution in [0.3, 0.4) is 0 Å². The van der Waals surface area contributed by atoms with E-state index >= 15 is 0 Å². The molecule has 1 rings (SSSR count). The lowest BCUT2D eigenvalue weighted by Gasteiger charge is -2.35. The summed E-state index contributed by atoms with van der Waals surface area (Å²) in [4.78, 5) is 14.3. The molecule has 0 aliphatic carbocycles. The SMILES string of the molecule is CC(C)CC(CN)C(=O)N1CCSCC1C. The number of amides is 1. The van der Waals surface area contributed by atoms with Gasteiger partial charge in [0.15, 0.2) is 0 Å². The van der Waals surface area contributed by atoms with Gasteiger partial charge in [0.2, 0.25) is 5.91 Å². The minimum Gasteiger partial charge on any atom is -0.338 e. The molecule has 94 valence electrons. The molecule has 1 aliphatic heterocycles. The highest BCUT2D eigenvalue weighted by Crippen LogP contribution is 2.20. The molecule has 2 N–H and O–H groups in total. The Morgan fingerprint density at radius 1 is 1.56 bits per heavy atom. The summed E-state index contributed by atoms with van der Waals surface area (Å²) in [6.07, 6.45) is 0.908. The van der Waals surface area contributed by atoms with Crippen molar-refractivity contribution in [3.05, 3.63) is 0 Å². The third kappa shape index (κ3) is 3.67. The van der Waals surface area contributed by atoms with E-state index in [9.17, 15) is 4.79 Å². The Labute approximate surface area is 103 Å². The molecule has 3 nitrogen and oxygen atoms in total. The first kappa shape index (κ1) is 13.8. The van der Waals surface area contributed by atoms with E-state index in [2.05, 4.69) is 20.8 Å². The van der Waals surface area contributed by atoms with Crippen LogP contribution in [0.5, 0.6) is 0 Å². The van der Waals surface area contributed by atoms with Gasteiger partial charge in [-0.3, -0.25) is 4.79 Å². The van der Waals surface area contributed by atoms with Crippen LogP contribution in [-0.4, -0.2) is 41.4 Å². The van der Waals surface area contributed by atoms with Gasteiger partial charge in [0.1, 0.15) is 0 Å². The molecular weight excluding hydrogens is 220 g/mol. The summed E-state index contributed by atoms with van der Waals surface area (Å²) in [7, 11) is 0. The maximum atomic E-state index is 12.3. The molecule has 1 heterocycles. The Morgan fingerprint density at radius 3 is 2.75 bits per heavy atom. The smallest absolute Gasteiger partial charge is 0.227 e.